The molecule has 0 saturated carbocycles. The van der Waals surface area contributed by atoms with Crippen molar-refractivity contribution in [3.8, 4) is 16.5 Å². The number of hydrogen-bond donors (Lipinski definition) is 1. The summed E-state index contributed by atoms with van der Waals surface area (Å²) >= 11 is 1.48. The van der Waals surface area contributed by atoms with Crippen LogP contribution in [0.15, 0.2) is 54.9 Å². The number of aryl methyl sites for hydroxylation is 1. The van der Waals surface area contributed by atoms with Crippen molar-refractivity contribution in [2.75, 3.05) is 12.4 Å². The lowest BCUT2D eigenvalue weighted by molar-refractivity contribution is 0.102. The zero-order chi connectivity index (χ0) is 18.8. The number of carbonyl (C=O) groups is 1. The van der Waals surface area contributed by atoms with Crippen LogP contribution in [0.5, 0.6) is 5.75 Å². The molecule has 7 heteroatoms. The highest BCUT2D eigenvalue weighted by molar-refractivity contribution is 7.21. The molecule has 0 aliphatic rings. The Labute approximate surface area is 159 Å². The molecule has 2 aromatic carbocycles. The number of nitrogens with zero attached hydrogens (tertiary/aromatic N) is 3. The van der Waals surface area contributed by atoms with E-state index in [1.165, 1.54) is 17.5 Å². The normalized spacial score (nSPS) is 10.7. The molecule has 2 aromatic heterocycles. The lowest BCUT2D eigenvalue weighted by atomic mass is 10.2. The highest BCUT2D eigenvalue weighted by Crippen LogP contribution is 2.31. The quantitative estimate of drug-likeness (QED) is 0.574. The van der Waals surface area contributed by atoms with Crippen LogP contribution in [0, 0.1) is 6.92 Å². The number of nitrogens with one attached hydrogen (secondary N) is 1. The Morgan fingerprint density at radius 2 is 1.93 bits per heavy atom. The van der Waals surface area contributed by atoms with E-state index < -0.39 is 0 Å². The van der Waals surface area contributed by atoms with Gasteiger partial charge in [0.15, 0.2) is 5.69 Å². The van der Waals surface area contributed by atoms with Gasteiger partial charge in [-0.05, 0) is 36.8 Å². The predicted molar refractivity (Wildman–Crippen MR) is 106 cm³/mol. The van der Waals surface area contributed by atoms with Crippen LogP contribution in [-0.2, 0) is 0 Å². The van der Waals surface area contributed by atoms with Crippen LogP contribution in [-0.4, -0.2) is 28.0 Å². The number of carbonyl (C=O) groups excluding carboxylic acids is 1. The molecule has 2 heterocycles. The second-order valence-electron chi connectivity index (χ2n) is 5.90. The Morgan fingerprint density at radius 1 is 1.11 bits per heavy atom. The van der Waals surface area contributed by atoms with Crippen LogP contribution in [0.3, 0.4) is 0 Å². The van der Waals surface area contributed by atoms with E-state index in [9.17, 15) is 4.79 Å². The van der Waals surface area contributed by atoms with Gasteiger partial charge in [0.1, 0.15) is 16.5 Å². The number of thiazole rings is 1. The summed E-state index contributed by atoms with van der Waals surface area (Å²) in [7, 11) is 1.56. The minimum atomic E-state index is -0.360. The summed E-state index contributed by atoms with van der Waals surface area (Å²) in [6, 6.07) is 13.4. The highest BCUT2D eigenvalue weighted by Gasteiger charge is 2.20. The number of anilines is 1. The Kier molecular flexibility index (Phi) is 4.52. The first kappa shape index (κ1) is 17.1. The molecule has 4 rings (SSSR count). The summed E-state index contributed by atoms with van der Waals surface area (Å²) in [5.74, 6) is 0.223. The number of methoxy groups -OCH3 is 1. The van der Waals surface area contributed by atoms with Crippen LogP contribution in [0.1, 0.15) is 16.1 Å². The smallest absolute Gasteiger partial charge is 0.276 e. The molecule has 0 spiro atoms. The first-order valence-corrected chi connectivity index (χ1v) is 9.10. The molecule has 4 aromatic rings. The number of benzene rings is 2. The van der Waals surface area contributed by atoms with E-state index in [2.05, 4.69) is 20.3 Å². The molecule has 0 aliphatic heterocycles. The molecule has 0 bridgehead atoms. The summed E-state index contributed by atoms with van der Waals surface area (Å²) in [4.78, 5) is 26.1. The number of hydrogen-bond acceptors (Lipinski definition) is 6. The topological polar surface area (TPSA) is 77.0 Å². The van der Waals surface area contributed by atoms with Gasteiger partial charge < -0.3 is 10.1 Å². The van der Waals surface area contributed by atoms with Gasteiger partial charge in [-0.3, -0.25) is 4.79 Å². The van der Waals surface area contributed by atoms with Crippen molar-refractivity contribution in [3.63, 3.8) is 0 Å². The van der Waals surface area contributed by atoms with E-state index in [0.29, 0.717) is 22.1 Å². The maximum absolute atomic E-state index is 12.9. The maximum Gasteiger partial charge on any atom is 0.276 e. The first-order valence-electron chi connectivity index (χ1n) is 8.28. The standard InChI is InChI=1S/C20H16N4O2S/c1-12-7-8-15(26-2)14(11-12)23-19(25)17-18(22-10-9-21-17)20-24-13-5-3-4-6-16(13)27-20/h3-11H,1-2H3,(H,23,25). The Morgan fingerprint density at radius 3 is 2.74 bits per heavy atom. The van der Waals surface area contributed by atoms with Gasteiger partial charge in [-0.1, -0.05) is 18.2 Å². The molecule has 0 radical (unpaired) electrons. The van der Waals surface area contributed by atoms with Crippen molar-refractivity contribution in [2.45, 2.75) is 6.92 Å². The lowest BCUT2D eigenvalue weighted by Gasteiger charge is -2.11. The number of aromatic nitrogens is 3. The summed E-state index contributed by atoms with van der Waals surface area (Å²) in [6.45, 7) is 1.95. The molecule has 0 saturated heterocycles. The fourth-order valence-corrected chi connectivity index (χ4v) is 3.70. The Bertz CT molecular complexity index is 1110. The molecule has 1 amide bonds. The summed E-state index contributed by atoms with van der Waals surface area (Å²) < 4.78 is 6.36. The maximum atomic E-state index is 12.9. The van der Waals surface area contributed by atoms with Gasteiger partial charge in [0.2, 0.25) is 0 Å². The van der Waals surface area contributed by atoms with Gasteiger partial charge in [0, 0.05) is 12.4 Å². The molecule has 0 unspecified atom stereocenters. The Hall–Kier alpha value is -3.32. The monoisotopic (exact) mass is 376 g/mol. The van der Waals surface area contributed by atoms with Gasteiger partial charge in [-0.2, -0.15) is 0 Å². The van der Waals surface area contributed by atoms with Gasteiger partial charge in [-0.25, -0.2) is 15.0 Å². The van der Waals surface area contributed by atoms with Gasteiger partial charge in [-0.15, -0.1) is 11.3 Å². The van der Waals surface area contributed by atoms with Crippen molar-refractivity contribution in [1.82, 2.24) is 15.0 Å². The largest absolute Gasteiger partial charge is 0.495 e. The van der Waals surface area contributed by atoms with E-state index in [4.69, 9.17) is 4.74 Å². The van der Waals surface area contributed by atoms with E-state index in [-0.39, 0.29) is 11.6 Å². The third-order valence-corrected chi connectivity index (χ3v) is 5.06. The van der Waals surface area contributed by atoms with Crippen molar-refractivity contribution in [2.24, 2.45) is 0 Å². The second kappa shape index (κ2) is 7.13. The molecule has 0 fully saturated rings. The van der Waals surface area contributed by atoms with E-state index in [0.717, 1.165) is 15.8 Å². The minimum absolute atomic E-state index is 0.222. The summed E-state index contributed by atoms with van der Waals surface area (Å²) in [5.41, 5.74) is 3.15. The lowest BCUT2D eigenvalue weighted by Crippen LogP contribution is -2.16. The van der Waals surface area contributed by atoms with Crippen LogP contribution in [0.4, 0.5) is 5.69 Å². The molecule has 1 N–H and O–H groups in total. The zero-order valence-corrected chi connectivity index (χ0v) is 15.6. The van der Waals surface area contributed by atoms with Gasteiger partial charge >= 0.3 is 0 Å². The average Bonchev–Trinajstić information content (AvgIpc) is 3.12. The number of rotatable bonds is 4. The van der Waals surface area contributed by atoms with Crippen molar-refractivity contribution in [3.05, 3.63) is 66.1 Å². The van der Waals surface area contributed by atoms with Crippen LogP contribution in [0.2, 0.25) is 0 Å². The fourth-order valence-electron chi connectivity index (χ4n) is 2.74. The molecule has 6 nitrogen and oxygen atoms in total. The van der Waals surface area contributed by atoms with Gasteiger partial charge in [0.25, 0.3) is 5.91 Å². The fraction of sp³-hybridized carbons (Fsp3) is 0.100. The number of amides is 1. The SMILES string of the molecule is COc1ccc(C)cc1NC(=O)c1nccnc1-c1nc2ccccc2s1. The molecular formula is C20H16N4O2S. The average molecular weight is 376 g/mol. The Balaban J connectivity index is 1.72. The number of para-hydroxylation sites is 1. The van der Waals surface area contributed by atoms with Crippen molar-refractivity contribution >= 4 is 33.1 Å². The molecule has 134 valence electrons. The highest BCUT2D eigenvalue weighted by atomic mass is 32.1. The minimum Gasteiger partial charge on any atom is -0.495 e. The van der Waals surface area contributed by atoms with E-state index >= 15 is 0 Å². The summed E-state index contributed by atoms with van der Waals surface area (Å²) in [6.07, 6.45) is 3.06. The zero-order valence-electron chi connectivity index (χ0n) is 14.8. The van der Waals surface area contributed by atoms with Crippen molar-refractivity contribution < 1.29 is 9.53 Å². The number of fused-ring (bicyclic) bond motifs is 1. The second-order valence-corrected chi connectivity index (χ2v) is 6.93. The number of ether oxygens (including phenoxy) is 1. The van der Waals surface area contributed by atoms with E-state index in [1.54, 1.807) is 13.3 Å². The molecule has 0 aliphatic carbocycles. The van der Waals surface area contributed by atoms with E-state index in [1.807, 2.05) is 49.4 Å². The van der Waals surface area contributed by atoms with Crippen LogP contribution >= 0.6 is 11.3 Å². The predicted octanol–water partition coefficient (Wildman–Crippen LogP) is 4.32. The molecule has 27 heavy (non-hydrogen) atoms. The van der Waals surface area contributed by atoms with Crippen LogP contribution < -0.4 is 10.1 Å². The van der Waals surface area contributed by atoms with Gasteiger partial charge in [0.05, 0.1) is 23.0 Å². The third-order valence-electron chi connectivity index (χ3n) is 4.01. The third kappa shape index (κ3) is 3.37. The van der Waals surface area contributed by atoms with Crippen molar-refractivity contribution in [1.29, 1.82) is 0 Å². The summed E-state index contributed by atoms with van der Waals surface area (Å²) in [5, 5.41) is 3.53. The van der Waals surface area contributed by atoms with Crippen LogP contribution in [0.25, 0.3) is 20.9 Å². The first-order chi connectivity index (χ1) is 13.2. The molecular weight excluding hydrogens is 360 g/mol. The molecule has 0 atom stereocenters.